The fourth-order valence-electron chi connectivity index (χ4n) is 2.95. The molecule has 2 unspecified atom stereocenters. The minimum absolute atomic E-state index is 0.214. The Morgan fingerprint density at radius 3 is 2.82 bits per heavy atom. The Labute approximate surface area is 137 Å². The van der Waals surface area contributed by atoms with Crippen LogP contribution in [0.5, 0.6) is 0 Å². The van der Waals surface area contributed by atoms with E-state index in [0.29, 0.717) is 19.0 Å². The van der Waals surface area contributed by atoms with Crippen LogP contribution < -0.4 is 5.73 Å². The average Bonchev–Trinajstić information content (AvgIpc) is 2.87. The van der Waals surface area contributed by atoms with Crippen molar-refractivity contribution < 1.29 is 9.53 Å². The van der Waals surface area contributed by atoms with E-state index in [1.54, 1.807) is 4.90 Å². The minimum Gasteiger partial charge on any atom is -0.444 e. The number of carbonyl (C=O) groups is 1. The normalized spacial score (nSPS) is 20.0. The van der Waals surface area contributed by atoms with Gasteiger partial charge in [-0.2, -0.15) is 0 Å². The molecule has 1 heterocycles. The van der Waals surface area contributed by atoms with Crippen LogP contribution in [0, 0.1) is 5.92 Å². The zero-order valence-electron chi connectivity index (χ0n) is 13.5. The number of halogens is 1. The van der Waals surface area contributed by atoms with Gasteiger partial charge < -0.3 is 15.4 Å². The van der Waals surface area contributed by atoms with Gasteiger partial charge in [-0.05, 0) is 57.4 Å². The van der Waals surface area contributed by atoms with E-state index in [1.165, 1.54) is 0 Å². The van der Waals surface area contributed by atoms with Crippen molar-refractivity contribution >= 4 is 17.7 Å². The van der Waals surface area contributed by atoms with Gasteiger partial charge in [0.25, 0.3) is 0 Å². The summed E-state index contributed by atoms with van der Waals surface area (Å²) < 4.78 is 5.44. The van der Waals surface area contributed by atoms with Crippen molar-refractivity contribution in [1.82, 2.24) is 4.90 Å². The zero-order valence-corrected chi connectivity index (χ0v) is 14.3. The lowest BCUT2D eigenvalue weighted by Crippen LogP contribution is -2.36. The first-order chi connectivity index (χ1) is 10.3. The number of hydrogen-bond donors (Lipinski definition) is 1. The fraction of sp³-hybridized carbons (Fsp3) is 0.588. The molecule has 1 aliphatic heterocycles. The molecule has 1 aliphatic rings. The summed E-state index contributed by atoms with van der Waals surface area (Å²) in [5.74, 6) is 0.558. The van der Waals surface area contributed by atoms with E-state index in [9.17, 15) is 4.79 Å². The van der Waals surface area contributed by atoms with E-state index in [-0.39, 0.29) is 12.0 Å². The Kier molecular flexibility index (Phi) is 5.35. The van der Waals surface area contributed by atoms with Crippen molar-refractivity contribution in [1.29, 1.82) is 0 Å². The third kappa shape index (κ3) is 4.37. The Hall–Kier alpha value is -1.26. The summed E-state index contributed by atoms with van der Waals surface area (Å²) in [6, 6.07) is 7.83. The monoisotopic (exact) mass is 324 g/mol. The van der Waals surface area contributed by atoms with Gasteiger partial charge in [-0.3, -0.25) is 0 Å². The van der Waals surface area contributed by atoms with Crippen LogP contribution >= 0.6 is 11.6 Å². The molecule has 0 saturated carbocycles. The smallest absolute Gasteiger partial charge is 0.410 e. The second-order valence-electron chi connectivity index (χ2n) is 6.87. The third-order valence-electron chi connectivity index (χ3n) is 3.98. The molecule has 1 saturated heterocycles. The highest BCUT2D eigenvalue weighted by atomic mass is 35.5. The predicted molar refractivity (Wildman–Crippen MR) is 89.2 cm³/mol. The lowest BCUT2D eigenvalue weighted by atomic mass is 9.85. The molecule has 0 radical (unpaired) electrons. The number of rotatable bonds is 3. The number of hydrogen-bond acceptors (Lipinski definition) is 3. The number of likely N-dealkylation sites (tertiary alicyclic amines) is 1. The topological polar surface area (TPSA) is 55.6 Å². The molecule has 5 heteroatoms. The summed E-state index contributed by atoms with van der Waals surface area (Å²) in [7, 11) is 0. The van der Waals surface area contributed by atoms with Crippen molar-refractivity contribution in [2.24, 2.45) is 11.7 Å². The number of nitrogens with zero attached hydrogens (tertiary/aromatic N) is 1. The average molecular weight is 325 g/mol. The van der Waals surface area contributed by atoms with Gasteiger partial charge in [0.1, 0.15) is 5.60 Å². The molecule has 4 nitrogen and oxygen atoms in total. The highest BCUT2D eigenvalue weighted by Gasteiger charge is 2.34. The SMILES string of the molecule is CC(C)(C)OC(=O)N1CCC(C(CN)c2cccc(Cl)c2)C1. The van der Waals surface area contributed by atoms with E-state index in [0.717, 1.165) is 23.6 Å². The van der Waals surface area contributed by atoms with Gasteiger partial charge in [-0.1, -0.05) is 23.7 Å². The first-order valence-electron chi connectivity index (χ1n) is 7.73. The largest absolute Gasteiger partial charge is 0.444 e. The van der Waals surface area contributed by atoms with Gasteiger partial charge in [0.15, 0.2) is 0 Å². The number of carbonyl (C=O) groups excluding carboxylic acids is 1. The maximum absolute atomic E-state index is 12.2. The maximum Gasteiger partial charge on any atom is 0.410 e. The molecule has 2 rings (SSSR count). The van der Waals surface area contributed by atoms with Crippen LogP contribution in [0.25, 0.3) is 0 Å². The molecule has 0 aliphatic carbocycles. The maximum atomic E-state index is 12.2. The van der Waals surface area contributed by atoms with E-state index < -0.39 is 5.60 Å². The number of nitrogens with two attached hydrogens (primary N) is 1. The van der Waals surface area contributed by atoms with E-state index >= 15 is 0 Å². The second-order valence-corrected chi connectivity index (χ2v) is 7.31. The van der Waals surface area contributed by atoms with Gasteiger partial charge >= 0.3 is 6.09 Å². The quantitative estimate of drug-likeness (QED) is 0.923. The van der Waals surface area contributed by atoms with E-state index in [2.05, 4.69) is 6.07 Å². The lowest BCUT2D eigenvalue weighted by Gasteiger charge is -2.26. The molecule has 1 fully saturated rings. The third-order valence-corrected chi connectivity index (χ3v) is 4.21. The standard InChI is InChI=1S/C17H25ClN2O2/c1-17(2,3)22-16(21)20-8-7-13(11-20)15(10-19)12-5-4-6-14(18)9-12/h4-6,9,13,15H,7-8,10-11,19H2,1-3H3. The Balaban J connectivity index is 2.03. The van der Waals surface area contributed by atoms with Crippen LogP contribution in [0.2, 0.25) is 5.02 Å². The molecular weight excluding hydrogens is 300 g/mol. The number of amides is 1. The van der Waals surface area contributed by atoms with Gasteiger partial charge in [-0.25, -0.2) is 4.79 Å². The molecule has 22 heavy (non-hydrogen) atoms. The lowest BCUT2D eigenvalue weighted by molar-refractivity contribution is 0.0286. The van der Waals surface area contributed by atoms with Crippen molar-refractivity contribution in [3.8, 4) is 0 Å². The van der Waals surface area contributed by atoms with Gasteiger partial charge in [-0.15, -0.1) is 0 Å². The molecule has 2 N–H and O–H groups in total. The van der Waals surface area contributed by atoms with E-state index in [4.69, 9.17) is 22.1 Å². The fourth-order valence-corrected chi connectivity index (χ4v) is 3.14. The highest BCUT2D eigenvalue weighted by Crippen LogP contribution is 2.33. The van der Waals surface area contributed by atoms with E-state index in [1.807, 2.05) is 39.0 Å². The Morgan fingerprint density at radius 2 is 2.23 bits per heavy atom. The van der Waals surface area contributed by atoms with Gasteiger partial charge in [0.05, 0.1) is 0 Å². The first-order valence-corrected chi connectivity index (χ1v) is 8.11. The van der Waals surface area contributed by atoms with Crippen LogP contribution in [0.1, 0.15) is 38.7 Å². The van der Waals surface area contributed by atoms with Crippen LogP contribution in [0.4, 0.5) is 4.79 Å². The van der Waals surface area contributed by atoms with Crippen LogP contribution in [-0.2, 0) is 4.74 Å². The molecule has 1 aromatic carbocycles. The summed E-state index contributed by atoms with van der Waals surface area (Å²) >= 11 is 6.08. The summed E-state index contributed by atoms with van der Waals surface area (Å²) in [6.45, 7) is 7.60. The molecule has 1 amide bonds. The summed E-state index contributed by atoms with van der Waals surface area (Å²) in [6.07, 6.45) is 0.699. The molecule has 0 aromatic heterocycles. The van der Waals surface area contributed by atoms with Crippen LogP contribution in [-0.4, -0.2) is 36.2 Å². The van der Waals surface area contributed by atoms with Gasteiger partial charge in [0, 0.05) is 24.0 Å². The first kappa shape index (κ1) is 17.1. The number of benzene rings is 1. The van der Waals surface area contributed by atoms with Crippen molar-refractivity contribution in [3.63, 3.8) is 0 Å². The summed E-state index contributed by atoms with van der Waals surface area (Å²) in [5.41, 5.74) is 6.66. The van der Waals surface area contributed by atoms with Crippen LogP contribution in [0.3, 0.4) is 0 Å². The highest BCUT2D eigenvalue weighted by molar-refractivity contribution is 6.30. The van der Waals surface area contributed by atoms with Crippen molar-refractivity contribution in [2.45, 2.75) is 38.7 Å². The number of ether oxygens (including phenoxy) is 1. The Bertz CT molecular complexity index is 528. The van der Waals surface area contributed by atoms with Crippen LogP contribution in [0.15, 0.2) is 24.3 Å². The predicted octanol–water partition coefficient (Wildman–Crippen LogP) is 3.64. The second kappa shape index (κ2) is 6.88. The summed E-state index contributed by atoms with van der Waals surface area (Å²) in [5, 5.41) is 0.720. The van der Waals surface area contributed by atoms with Crippen molar-refractivity contribution in [2.75, 3.05) is 19.6 Å². The molecule has 0 bridgehead atoms. The molecular formula is C17H25ClN2O2. The molecule has 0 spiro atoms. The van der Waals surface area contributed by atoms with Gasteiger partial charge in [0.2, 0.25) is 0 Å². The summed E-state index contributed by atoms with van der Waals surface area (Å²) in [4.78, 5) is 13.9. The molecule has 2 atom stereocenters. The molecule has 122 valence electrons. The molecule has 1 aromatic rings. The zero-order chi connectivity index (χ0) is 16.3. The minimum atomic E-state index is -0.463. The van der Waals surface area contributed by atoms with Crippen molar-refractivity contribution in [3.05, 3.63) is 34.9 Å². The Morgan fingerprint density at radius 1 is 1.50 bits per heavy atom.